The maximum atomic E-state index is 5.99. The Kier molecular flexibility index (Phi) is 3.66. The summed E-state index contributed by atoms with van der Waals surface area (Å²) in [5, 5.41) is 0. The molecule has 3 aliphatic rings. The molecule has 0 N–H and O–H groups in total. The molecule has 0 aliphatic carbocycles. The van der Waals surface area contributed by atoms with E-state index in [-0.39, 0.29) is 30.7 Å². The lowest BCUT2D eigenvalue weighted by Crippen LogP contribution is -2.43. The highest BCUT2D eigenvalue weighted by Gasteiger charge is 2.57. The number of hydrogen-bond acceptors (Lipinski definition) is 5. The van der Waals surface area contributed by atoms with Gasteiger partial charge in [-0.25, -0.2) is 0 Å². The Hall–Kier alpha value is -0.460. The first-order chi connectivity index (χ1) is 9.11. The lowest BCUT2D eigenvalue weighted by atomic mass is 10.0. The van der Waals surface area contributed by atoms with E-state index >= 15 is 0 Å². The second kappa shape index (κ2) is 5.14. The molecule has 0 aromatic rings. The molecule has 1 unspecified atom stereocenters. The van der Waals surface area contributed by atoms with Crippen molar-refractivity contribution >= 4 is 0 Å². The van der Waals surface area contributed by atoms with Crippen LogP contribution in [0.3, 0.4) is 0 Å². The molecule has 0 aromatic heterocycles. The van der Waals surface area contributed by atoms with Crippen LogP contribution in [0.25, 0.3) is 0 Å². The third-order valence-corrected chi connectivity index (χ3v) is 3.87. The van der Waals surface area contributed by atoms with E-state index in [1.165, 1.54) is 0 Å². The van der Waals surface area contributed by atoms with Gasteiger partial charge < -0.3 is 23.7 Å². The third-order valence-electron chi connectivity index (χ3n) is 3.87. The summed E-state index contributed by atoms with van der Waals surface area (Å²) in [6.07, 6.45) is 5.26. The Balaban J connectivity index is 1.79. The summed E-state index contributed by atoms with van der Waals surface area (Å²) in [4.78, 5) is 0. The van der Waals surface area contributed by atoms with Gasteiger partial charge in [0.1, 0.15) is 18.3 Å². The van der Waals surface area contributed by atoms with E-state index in [0.29, 0.717) is 6.61 Å². The predicted octanol–water partition coefficient (Wildman–Crippen LogP) is 1.61. The van der Waals surface area contributed by atoms with Gasteiger partial charge in [0.25, 0.3) is 0 Å². The van der Waals surface area contributed by atoms with E-state index in [2.05, 4.69) is 6.08 Å². The molecule has 0 amide bonds. The number of rotatable bonds is 1. The van der Waals surface area contributed by atoms with Crippen LogP contribution in [0.1, 0.15) is 26.7 Å². The lowest BCUT2D eigenvalue weighted by molar-refractivity contribution is -0.230. The van der Waals surface area contributed by atoms with Gasteiger partial charge in [-0.05, 0) is 26.7 Å². The van der Waals surface area contributed by atoms with Gasteiger partial charge in [-0.3, -0.25) is 0 Å². The number of fused-ring (bicyclic) bond motifs is 3. The molecule has 3 rings (SSSR count). The molecule has 5 atom stereocenters. The molecule has 0 bridgehead atoms. The van der Waals surface area contributed by atoms with E-state index in [1.54, 1.807) is 7.11 Å². The van der Waals surface area contributed by atoms with E-state index in [1.807, 2.05) is 19.9 Å². The quantitative estimate of drug-likeness (QED) is 0.677. The van der Waals surface area contributed by atoms with Crippen molar-refractivity contribution < 1.29 is 23.7 Å². The van der Waals surface area contributed by atoms with Crippen LogP contribution in [0.15, 0.2) is 12.2 Å². The summed E-state index contributed by atoms with van der Waals surface area (Å²) in [5.74, 6) is -0.611. The van der Waals surface area contributed by atoms with Gasteiger partial charge >= 0.3 is 0 Å². The molecule has 0 aromatic carbocycles. The van der Waals surface area contributed by atoms with Crippen molar-refractivity contribution in [2.75, 3.05) is 13.7 Å². The molecule has 2 fully saturated rings. The largest absolute Gasteiger partial charge is 0.379 e. The molecule has 108 valence electrons. The first kappa shape index (κ1) is 13.5. The van der Waals surface area contributed by atoms with Crippen molar-refractivity contribution in [1.82, 2.24) is 0 Å². The first-order valence-electron chi connectivity index (χ1n) is 6.91. The summed E-state index contributed by atoms with van der Waals surface area (Å²) in [5.41, 5.74) is 0. The highest BCUT2D eigenvalue weighted by molar-refractivity contribution is 4.99. The van der Waals surface area contributed by atoms with Gasteiger partial charge in [0.2, 0.25) is 0 Å². The van der Waals surface area contributed by atoms with Crippen LogP contribution in [0, 0.1) is 0 Å². The van der Waals surface area contributed by atoms with Crippen molar-refractivity contribution in [3.05, 3.63) is 12.2 Å². The summed E-state index contributed by atoms with van der Waals surface area (Å²) in [6, 6.07) is 0. The molecule has 19 heavy (non-hydrogen) atoms. The van der Waals surface area contributed by atoms with Crippen LogP contribution in [0.4, 0.5) is 0 Å². The Bertz CT molecular complexity index is 354. The monoisotopic (exact) mass is 270 g/mol. The maximum absolute atomic E-state index is 5.99. The number of hydrogen-bond donors (Lipinski definition) is 0. The third kappa shape index (κ3) is 2.58. The lowest BCUT2D eigenvalue weighted by Gasteiger charge is -2.29. The van der Waals surface area contributed by atoms with Gasteiger partial charge in [-0.15, -0.1) is 0 Å². The molecule has 5 heteroatoms. The fraction of sp³-hybridized carbons (Fsp3) is 0.857. The van der Waals surface area contributed by atoms with E-state index in [9.17, 15) is 0 Å². The van der Waals surface area contributed by atoms with Gasteiger partial charge in [0.05, 0.1) is 12.7 Å². The first-order valence-corrected chi connectivity index (χ1v) is 6.91. The number of ether oxygens (including phenoxy) is 5. The van der Waals surface area contributed by atoms with Crippen molar-refractivity contribution in [3.8, 4) is 0 Å². The van der Waals surface area contributed by atoms with Gasteiger partial charge in [0, 0.05) is 7.11 Å². The fourth-order valence-corrected chi connectivity index (χ4v) is 3.02. The minimum absolute atomic E-state index is 0.00802. The zero-order valence-corrected chi connectivity index (χ0v) is 11.7. The average molecular weight is 270 g/mol. The standard InChI is InChI=1S/C14H22O5/c1-14(2)18-12-11-10(17-13(12)19-14)9(15-3)7-5-4-6-8-16-11/h4,6,9-13H,5,7-8H2,1-3H3/b6-4-/t9?,10-,11+,12-,13-/m1/s1. The summed E-state index contributed by atoms with van der Waals surface area (Å²) in [6.45, 7) is 4.37. The smallest absolute Gasteiger partial charge is 0.190 e. The Morgan fingerprint density at radius 2 is 1.95 bits per heavy atom. The minimum Gasteiger partial charge on any atom is -0.379 e. The Morgan fingerprint density at radius 1 is 1.11 bits per heavy atom. The van der Waals surface area contributed by atoms with E-state index in [0.717, 1.165) is 12.8 Å². The molecule has 0 saturated carbocycles. The highest BCUT2D eigenvalue weighted by Crippen LogP contribution is 2.40. The van der Waals surface area contributed by atoms with Crippen LogP contribution in [-0.2, 0) is 23.7 Å². The van der Waals surface area contributed by atoms with Crippen molar-refractivity contribution in [1.29, 1.82) is 0 Å². The Morgan fingerprint density at radius 3 is 2.74 bits per heavy atom. The van der Waals surface area contributed by atoms with Crippen LogP contribution >= 0.6 is 0 Å². The van der Waals surface area contributed by atoms with Crippen molar-refractivity contribution in [2.45, 2.75) is 63.2 Å². The maximum Gasteiger partial charge on any atom is 0.190 e. The highest BCUT2D eigenvalue weighted by atomic mass is 16.8. The predicted molar refractivity (Wildman–Crippen MR) is 67.6 cm³/mol. The molecule has 2 saturated heterocycles. The van der Waals surface area contributed by atoms with E-state index < -0.39 is 5.79 Å². The molecule has 0 radical (unpaired) electrons. The average Bonchev–Trinajstić information content (AvgIpc) is 2.83. The second-order valence-electron chi connectivity index (χ2n) is 5.69. The van der Waals surface area contributed by atoms with Crippen LogP contribution in [0.5, 0.6) is 0 Å². The minimum atomic E-state index is -0.611. The molecule has 3 aliphatic heterocycles. The fourth-order valence-electron chi connectivity index (χ4n) is 3.02. The van der Waals surface area contributed by atoms with Gasteiger partial charge in [0.15, 0.2) is 12.1 Å². The second-order valence-corrected chi connectivity index (χ2v) is 5.69. The van der Waals surface area contributed by atoms with Crippen molar-refractivity contribution in [2.24, 2.45) is 0 Å². The summed E-state index contributed by atoms with van der Waals surface area (Å²) >= 11 is 0. The molecule has 0 spiro atoms. The summed E-state index contributed by atoms with van der Waals surface area (Å²) < 4.78 is 29.2. The normalized spacial score (nSPS) is 46.8. The van der Waals surface area contributed by atoms with Gasteiger partial charge in [-0.1, -0.05) is 12.2 Å². The number of methoxy groups -OCH3 is 1. The Labute approximate surface area is 113 Å². The molecular weight excluding hydrogens is 248 g/mol. The van der Waals surface area contributed by atoms with Crippen LogP contribution in [-0.4, -0.2) is 50.2 Å². The zero-order valence-electron chi connectivity index (χ0n) is 11.7. The summed E-state index contributed by atoms with van der Waals surface area (Å²) in [7, 11) is 1.71. The van der Waals surface area contributed by atoms with Crippen molar-refractivity contribution in [3.63, 3.8) is 0 Å². The molecule has 5 nitrogen and oxygen atoms in total. The SMILES string of the molecule is COC1CC/C=C\CO[C@@H]2[C@H]3OC(C)(C)O[C@H]3O[C@H]12. The number of allylic oxidation sites excluding steroid dienone is 1. The molecule has 3 heterocycles. The zero-order chi connectivity index (χ0) is 13.5. The van der Waals surface area contributed by atoms with Crippen LogP contribution < -0.4 is 0 Å². The van der Waals surface area contributed by atoms with Gasteiger partial charge in [-0.2, -0.15) is 0 Å². The van der Waals surface area contributed by atoms with E-state index in [4.69, 9.17) is 23.7 Å². The van der Waals surface area contributed by atoms with Crippen LogP contribution in [0.2, 0.25) is 0 Å². The topological polar surface area (TPSA) is 46.2 Å². The molecular formula is C14H22O5.